The largest absolute Gasteiger partial charge is 0.534 e. The Morgan fingerprint density at radius 1 is 0.906 bits per heavy atom. The number of carbonyl (C=O) groups excluding carboxylic acids is 1. The Morgan fingerprint density at radius 2 is 1.56 bits per heavy atom. The first-order valence-corrected chi connectivity index (χ1v) is 10.8. The third-order valence-electron chi connectivity index (χ3n) is 4.83. The Balaban J connectivity index is 1.83. The number of alkyl halides is 3. The number of hydrogen-bond donors (Lipinski definition) is 0. The second kappa shape index (κ2) is 9.04. The van der Waals surface area contributed by atoms with E-state index in [2.05, 4.69) is 4.18 Å². The van der Waals surface area contributed by atoms with Crippen molar-refractivity contribution in [3.63, 3.8) is 0 Å². The van der Waals surface area contributed by atoms with E-state index in [1.807, 2.05) is 25.1 Å². The molecule has 0 aliphatic rings. The van der Waals surface area contributed by atoms with E-state index >= 15 is 0 Å². The molecule has 32 heavy (non-hydrogen) atoms. The maximum absolute atomic E-state index is 12.6. The van der Waals surface area contributed by atoms with Gasteiger partial charge in [-0.1, -0.05) is 24.3 Å². The molecule has 0 fully saturated rings. The summed E-state index contributed by atoms with van der Waals surface area (Å²) in [4.78, 5) is 10.7. The molecule has 5 nitrogen and oxygen atoms in total. The van der Waals surface area contributed by atoms with Crippen molar-refractivity contribution in [2.24, 2.45) is 0 Å². The second-order valence-electron chi connectivity index (χ2n) is 7.03. The number of carbonyl (C=O) groups is 1. The van der Waals surface area contributed by atoms with Crippen molar-refractivity contribution in [2.45, 2.75) is 26.0 Å². The molecule has 0 N–H and O–H groups in total. The van der Waals surface area contributed by atoms with E-state index in [-0.39, 0.29) is 6.61 Å². The normalized spacial score (nSPS) is 11.8. The van der Waals surface area contributed by atoms with E-state index in [0.717, 1.165) is 28.5 Å². The third-order valence-corrected chi connectivity index (χ3v) is 5.81. The fraction of sp³-hybridized carbons (Fsp3) is 0.174. The summed E-state index contributed by atoms with van der Waals surface area (Å²) in [6, 6.07) is 16.2. The summed E-state index contributed by atoms with van der Waals surface area (Å²) in [7, 11) is -5.73. The van der Waals surface area contributed by atoms with Crippen molar-refractivity contribution in [2.75, 3.05) is 0 Å². The molecule has 0 unspecified atom stereocenters. The first-order valence-electron chi connectivity index (χ1n) is 9.40. The molecule has 0 bridgehead atoms. The summed E-state index contributed by atoms with van der Waals surface area (Å²) in [6.07, 6.45) is 0.745. The zero-order valence-corrected chi connectivity index (χ0v) is 18.0. The molecule has 9 heteroatoms. The Kier molecular flexibility index (Phi) is 6.59. The zero-order chi connectivity index (χ0) is 23.5. The fourth-order valence-corrected chi connectivity index (χ4v) is 3.55. The minimum atomic E-state index is -5.73. The van der Waals surface area contributed by atoms with Gasteiger partial charge >= 0.3 is 15.6 Å². The van der Waals surface area contributed by atoms with Crippen LogP contribution in [0.15, 0.2) is 60.7 Å². The van der Waals surface area contributed by atoms with E-state index in [4.69, 9.17) is 4.74 Å². The van der Waals surface area contributed by atoms with Gasteiger partial charge in [0.15, 0.2) is 0 Å². The highest BCUT2D eigenvalue weighted by molar-refractivity contribution is 7.88. The summed E-state index contributed by atoms with van der Waals surface area (Å²) in [6.45, 7) is 3.81. The molecule has 0 spiro atoms. The number of benzene rings is 3. The molecule has 0 aliphatic carbocycles. The van der Waals surface area contributed by atoms with Gasteiger partial charge in [-0.3, -0.25) is 4.79 Å². The molecule has 0 aromatic heterocycles. The first-order chi connectivity index (χ1) is 15.0. The quantitative estimate of drug-likeness (QED) is 0.259. The van der Waals surface area contributed by atoms with Crippen LogP contribution in [0, 0.1) is 13.8 Å². The number of halogens is 3. The first kappa shape index (κ1) is 23.3. The van der Waals surface area contributed by atoms with Crippen LogP contribution in [0.1, 0.15) is 27.0 Å². The smallest absolute Gasteiger partial charge is 0.489 e. The molecule has 3 aromatic rings. The van der Waals surface area contributed by atoms with Crippen LogP contribution in [0.3, 0.4) is 0 Å². The maximum Gasteiger partial charge on any atom is 0.534 e. The van der Waals surface area contributed by atoms with Gasteiger partial charge in [0.05, 0.1) is 0 Å². The molecule has 0 heterocycles. The van der Waals surface area contributed by atoms with Gasteiger partial charge in [-0.05, 0) is 78.1 Å². The second-order valence-corrected chi connectivity index (χ2v) is 8.56. The topological polar surface area (TPSA) is 69.7 Å². The lowest BCUT2D eigenvalue weighted by molar-refractivity contribution is -0.0500. The molecule has 0 atom stereocenters. The predicted octanol–water partition coefficient (Wildman–Crippen LogP) is 5.59. The SMILES string of the molecule is Cc1cc(OS(=O)(=O)C(F)(F)F)ccc1-c1cccc(COc2ccc(C=O)cc2)c1C. The molecule has 0 saturated heterocycles. The number of rotatable bonds is 7. The summed E-state index contributed by atoms with van der Waals surface area (Å²) < 4.78 is 70.1. The van der Waals surface area contributed by atoms with E-state index < -0.39 is 21.4 Å². The molecule has 0 radical (unpaired) electrons. The van der Waals surface area contributed by atoms with Gasteiger partial charge in [0.2, 0.25) is 0 Å². The van der Waals surface area contributed by atoms with Gasteiger partial charge in [-0.25, -0.2) is 0 Å². The average Bonchev–Trinajstić information content (AvgIpc) is 2.73. The van der Waals surface area contributed by atoms with Gasteiger partial charge in [-0.2, -0.15) is 21.6 Å². The Bertz CT molecular complexity index is 1230. The van der Waals surface area contributed by atoms with Crippen LogP contribution in [0.5, 0.6) is 11.5 Å². The monoisotopic (exact) mass is 464 g/mol. The molecular weight excluding hydrogens is 445 g/mol. The van der Waals surface area contributed by atoms with E-state index in [0.29, 0.717) is 16.9 Å². The lowest BCUT2D eigenvalue weighted by Gasteiger charge is -2.15. The summed E-state index contributed by atoms with van der Waals surface area (Å²) in [5.41, 5.74) is -1.08. The third kappa shape index (κ3) is 5.11. The number of hydrogen-bond acceptors (Lipinski definition) is 5. The molecule has 168 valence electrons. The van der Waals surface area contributed by atoms with E-state index in [1.165, 1.54) is 18.2 Å². The summed E-state index contributed by atoms with van der Waals surface area (Å²) >= 11 is 0. The summed E-state index contributed by atoms with van der Waals surface area (Å²) in [5, 5.41) is 0. The van der Waals surface area contributed by atoms with Crippen molar-refractivity contribution in [1.29, 1.82) is 0 Å². The molecule has 3 aromatic carbocycles. The van der Waals surface area contributed by atoms with Gasteiger partial charge in [0.1, 0.15) is 24.4 Å². The predicted molar refractivity (Wildman–Crippen MR) is 113 cm³/mol. The number of aldehydes is 1. The zero-order valence-electron chi connectivity index (χ0n) is 17.1. The average molecular weight is 464 g/mol. The minimum absolute atomic E-state index is 0.268. The van der Waals surface area contributed by atoms with Crippen molar-refractivity contribution in [1.82, 2.24) is 0 Å². The number of aryl methyl sites for hydroxylation is 1. The van der Waals surface area contributed by atoms with Crippen molar-refractivity contribution >= 4 is 16.4 Å². The van der Waals surface area contributed by atoms with E-state index in [1.54, 1.807) is 31.2 Å². The van der Waals surface area contributed by atoms with Crippen LogP contribution in [-0.2, 0) is 16.7 Å². The van der Waals surface area contributed by atoms with Crippen LogP contribution >= 0.6 is 0 Å². The maximum atomic E-state index is 12.6. The van der Waals surface area contributed by atoms with Crippen molar-refractivity contribution < 1.29 is 35.3 Å². The minimum Gasteiger partial charge on any atom is -0.489 e. The molecule has 0 aliphatic heterocycles. The van der Waals surface area contributed by atoms with E-state index in [9.17, 15) is 26.4 Å². The number of ether oxygens (including phenoxy) is 1. The van der Waals surface area contributed by atoms with Crippen LogP contribution in [0.2, 0.25) is 0 Å². The molecule has 0 amide bonds. The highest BCUT2D eigenvalue weighted by Crippen LogP contribution is 2.33. The van der Waals surface area contributed by atoms with Crippen LogP contribution < -0.4 is 8.92 Å². The lowest BCUT2D eigenvalue weighted by Crippen LogP contribution is -2.28. The van der Waals surface area contributed by atoms with Crippen LogP contribution in [0.25, 0.3) is 11.1 Å². The standard InChI is InChI=1S/C23H19F3O5S/c1-15-12-20(31-32(28,29)23(24,25)26)10-11-21(15)22-5-3-4-18(16(22)2)14-30-19-8-6-17(13-27)7-9-19/h3-13H,14H2,1-2H3. The van der Waals surface area contributed by atoms with Crippen molar-refractivity contribution in [3.8, 4) is 22.6 Å². The summed E-state index contributed by atoms with van der Waals surface area (Å²) in [5.74, 6) is 0.184. The molecular formula is C23H19F3O5S. The molecule has 0 saturated carbocycles. The van der Waals surface area contributed by atoms with Gasteiger partial charge in [-0.15, -0.1) is 0 Å². The highest BCUT2D eigenvalue weighted by Gasteiger charge is 2.48. The fourth-order valence-electron chi connectivity index (χ4n) is 3.10. The van der Waals surface area contributed by atoms with Crippen LogP contribution in [0.4, 0.5) is 13.2 Å². The Labute approximate surface area is 183 Å². The van der Waals surface area contributed by atoms with Gasteiger partial charge in [0.25, 0.3) is 0 Å². The van der Waals surface area contributed by atoms with Crippen molar-refractivity contribution in [3.05, 3.63) is 82.9 Å². The van der Waals surface area contributed by atoms with Crippen LogP contribution in [-0.4, -0.2) is 20.2 Å². The Morgan fingerprint density at radius 3 is 2.16 bits per heavy atom. The molecule has 3 rings (SSSR count). The lowest BCUT2D eigenvalue weighted by atomic mass is 9.94. The Hall–Kier alpha value is -3.33. The van der Waals surface area contributed by atoms with Gasteiger partial charge < -0.3 is 8.92 Å². The van der Waals surface area contributed by atoms with Gasteiger partial charge in [0, 0.05) is 5.56 Å². The highest BCUT2D eigenvalue weighted by atomic mass is 32.2.